The van der Waals surface area contributed by atoms with Gasteiger partial charge in [-0.05, 0) is 12.5 Å². The van der Waals surface area contributed by atoms with E-state index in [1.807, 2.05) is 0 Å². The summed E-state index contributed by atoms with van der Waals surface area (Å²) >= 11 is 0. The first-order chi connectivity index (χ1) is 9.13. The molecule has 3 rings (SSSR count). The topological polar surface area (TPSA) is 43.1 Å². The lowest BCUT2D eigenvalue weighted by molar-refractivity contribution is 0.207. The second-order valence-corrected chi connectivity index (χ2v) is 5.17. The molecule has 0 radical (unpaired) electrons. The van der Waals surface area contributed by atoms with Gasteiger partial charge in [0, 0.05) is 26.7 Å². The van der Waals surface area contributed by atoms with Crippen molar-refractivity contribution >= 4 is 0 Å². The molecule has 1 aromatic carbocycles. The molecule has 0 unspecified atom stereocenters. The molecule has 1 aliphatic rings. The standard InChI is InChI=1S/C14H18N4O/c1-11-4-3-5-12(8-11)9-17-6-7-18-13(10-17)15-16(2)14(18)19/h3-5,8H,6-7,9-10H2,1-2H3. The molecule has 19 heavy (non-hydrogen) atoms. The first-order valence-electron chi connectivity index (χ1n) is 6.54. The van der Waals surface area contributed by atoms with E-state index in [0.29, 0.717) is 0 Å². The Balaban J connectivity index is 1.77. The fraction of sp³-hybridized carbons (Fsp3) is 0.429. The maximum Gasteiger partial charge on any atom is 0.345 e. The summed E-state index contributed by atoms with van der Waals surface area (Å²) in [6.07, 6.45) is 0. The molecule has 0 saturated carbocycles. The minimum absolute atomic E-state index is 0.00907. The van der Waals surface area contributed by atoms with Gasteiger partial charge < -0.3 is 0 Å². The molecule has 0 N–H and O–H groups in total. The Kier molecular flexibility index (Phi) is 2.98. The van der Waals surface area contributed by atoms with Crippen LogP contribution < -0.4 is 5.69 Å². The highest BCUT2D eigenvalue weighted by Crippen LogP contribution is 2.13. The van der Waals surface area contributed by atoms with Crippen LogP contribution in [0.25, 0.3) is 0 Å². The van der Waals surface area contributed by atoms with Crippen LogP contribution in [0.2, 0.25) is 0 Å². The van der Waals surface area contributed by atoms with Crippen molar-refractivity contribution in [2.24, 2.45) is 7.05 Å². The van der Waals surface area contributed by atoms with Gasteiger partial charge >= 0.3 is 5.69 Å². The summed E-state index contributed by atoms with van der Waals surface area (Å²) in [5, 5.41) is 4.29. The molecule has 5 nitrogen and oxygen atoms in total. The monoisotopic (exact) mass is 258 g/mol. The molecular formula is C14H18N4O. The van der Waals surface area contributed by atoms with Gasteiger partial charge in [0.25, 0.3) is 0 Å². The number of hydrogen-bond acceptors (Lipinski definition) is 3. The van der Waals surface area contributed by atoms with E-state index in [-0.39, 0.29) is 5.69 Å². The van der Waals surface area contributed by atoms with Crippen LogP contribution in [0.4, 0.5) is 0 Å². The minimum Gasteiger partial charge on any atom is -0.290 e. The smallest absolute Gasteiger partial charge is 0.290 e. The number of rotatable bonds is 2. The molecule has 0 atom stereocenters. The summed E-state index contributed by atoms with van der Waals surface area (Å²) in [7, 11) is 1.71. The summed E-state index contributed by atoms with van der Waals surface area (Å²) in [5.41, 5.74) is 2.58. The SMILES string of the molecule is Cc1cccc(CN2CCn3c(nn(C)c3=O)C2)c1. The van der Waals surface area contributed by atoms with E-state index in [1.54, 1.807) is 11.6 Å². The Morgan fingerprint density at radius 3 is 2.95 bits per heavy atom. The van der Waals surface area contributed by atoms with Crippen LogP contribution in [0, 0.1) is 6.92 Å². The number of nitrogens with zero attached hydrogens (tertiary/aromatic N) is 4. The predicted molar refractivity (Wildman–Crippen MR) is 72.8 cm³/mol. The van der Waals surface area contributed by atoms with Gasteiger partial charge in [-0.25, -0.2) is 9.48 Å². The van der Waals surface area contributed by atoms with E-state index in [4.69, 9.17) is 0 Å². The Labute approximate surface area is 112 Å². The fourth-order valence-corrected chi connectivity index (χ4v) is 2.62. The zero-order valence-corrected chi connectivity index (χ0v) is 11.3. The first kappa shape index (κ1) is 12.2. The van der Waals surface area contributed by atoms with Gasteiger partial charge in [0.1, 0.15) is 5.82 Å². The lowest BCUT2D eigenvalue weighted by Gasteiger charge is -2.26. The number of benzene rings is 1. The highest BCUT2D eigenvalue weighted by atomic mass is 16.2. The molecular weight excluding hydrogens is 240 g/mol. The van der Waals surface area contributed by atoms with Crippen molar-refractivity contribution in [1.82, 2.24) is 19.2 Å². The molecule has 1 aliphatic heterocycles. The Morgan fingerprint density at radius 2 is 2.16 bits per heavy atom. The van der Waals surface area contributed by atoms with Gasteiger partial charge in [-0.2, -0.15) is 5.10 Å². The van der Waals surface area contributed by atoms with E-state index in [0.717, 1.165) is 32.0 Å². The van der Waals surface area contributed by atoms with Gasteiger partial charge in [0.2, 0.25) is 0 Å². The van der Waals surface area contributed by atoms with Crippen molar-refractivity contribution in [3.63, 3.8) is 0 Å². The predicted octanol–water partition coefficient (Wildman–Crippen LogP) is 0.906. The lowest BCUT2D eigenvalue weighted by atomic mass is 10.1. The summed E-state index contributed by atoms with van der Waals surface area (Å²) in [5.74, 6) is 0.867. The highest BCUT2D eigenvalue weighted by molar-refractivity contribution is 5.22. The fourth-order valence-electron chi connectivity index (χ4n) is 2.62. The molecule has 0 spiro atoms. The van der Waals surface area contributed by atoms with Crippen LogP contribution >= 0.6 is 0 Å². The maximum atomic E-state index is 11.8. The second kappa shape index (κ2) is 4.66. The molecule has 1 aromatic heterocycles. The van der Waals surface area contributed by atoms with Crippen LogP contribution in [-0.2, 0) is 26.7 Å². The zero-order valence-electron chi connectivity index (χ0n) is 11.3. The molecule has 0 aliphatic carbocycles. The van der Waals surface area contributed by atoms with Crippen LogP contribution in [-0.4, -0.2) is 25.8 Å². The van der Waals surface area contributed by atoms with Crippen LogP contribution in [0.3, 0.4) is 0 Å². The Hall–Kier alpha value is -1.88. The largest absolute Gasteiger partial charge is 0.345 e. The van der Waals surface area contributed by atoms with Crippen molar-refractivity contribution in [2.45, 2.75) is 26.6 Å². The quantitative estimate of drug-likeness (QED) is 0.804. The maximum absolute atomic E-state index is 11.8. The van der Waals surface area contributed by atoms with Gasteiger partial charge in [0.05, 0.1) is 6.54 Å². The van der Waals surface area contributed by atoms with E-state index in [2.05, 4.69) is 41.2 Å². The summed E-state index contributed by atoms with van der Waals surface area (Å²) in [6, 6.07) is 8.55. The van der Waals surface area contributed by atoms with Crippen molar-refractivity contribution in [1.29, 1.82) is 0 Å². The molecule has 0 bridgehead atoms. The summed E-state index contributed by atoms with van der Waals surface area (Å²) in [6.45, 7) is 5.38. The second-order valence-electron chi connectivity index (χ2n) is 5.17. The van der Waals surface area contributed by atoms with E-state index >= 15 is 0 Å². The molecule has 2 heterocycles. The summed E-state index contributed by atoms with van der Waals surface area (Å²) < 4.78 is 3.19. The van der Waals surface area contributed by atoms with Gasteiger partial charge in [-0.3, -0.25) is 9.47 Å². The van der Waals surface area contributed by atoms with E-state index in [9.17, 15) is 4.79 Å². The molecule has 5 heteroatoms. The average molecular weight is 258 g/mol. The van der Waals surface area contributed by atoms with Crippen LogP contribution in [0.1, 0.15) is 17.0 Å². The summed E-state index contributed by atoms with van der Waals surface area (Å²) in [4.78, 5) is 14.1. The number of aryl methyl sites for hydroxylation is 2. The minimum atomic E-state index is -0.00907. The highest BCUT2D eigenvalue weighted by Gasteiger charge is 2.20. The molecule has 0 saturated heterocycles. The van der Waals surface area contributed by atoms with Gasteiger partial charge in [-0.1, -0.05) is 29.8 Å². The van der Waals surface area contributed by atoms with Crippen molar-refractivity contribution in [3.05, 3.63) is 51.7 Å². The van der Waals surface area contributed by atoms with Crippen molar-refractivity contribution < 1.29 is 0 Å². The molecule has 100 valence electrons. The van der Waals surface area contributed by atoms with Gasteiger partial charge in [0.15, 0.2) is 0 Å². The van der Waals surface area contributed by atoms with E-state index < -0.39 is 0 Å². The number of fused-ring (bicyclic) bond motifs is 1. The molecule has 0 amide bonds. The van der Waals surface area contributed by atoms with Crippen molar-refractivity contribution in [2.75, 3.05) is 6.54 Å². The lowest BCUT2D eigenvalue weighted by Crippen LogP contribution is -2.37. The molecule has 2 aromatic rings. The van der Waals surface area contributed by atoms with Crippen LogP contribution in [0.15, 0.2) is 29.1 Å². The normalized spacial score (nSPS) is 15.5. The molecule has 0 fully saturated rings. The zero-order chi connectivity index (χ0) is 13.4. The Morgan fingerprint density at radius 1 is 1.32 bits per heavy atom. The van der Waals surface area contributed by atoms with E-state index in [1.165, 1.54) is 15.8 Å². The van der Waals surface area contributed by atoms with Crippen molar-refractivity contribution in [3.8, 4) is 0 Å². The third-order valence-corrected chi connectivity index (χ3v) is 3.58. The first-order valence-corrected chi connectivity index (χ1v) is 6.54. The third-order valence-electron chi connectivity index (χ3n) is 3.58. The van der Waals surface area contributed by atoms with Gasteiger partial charge in [-0.15, -0.1) is 0 Å². The average Bonchev–Trinajstić information content (AvgIpc) is 2.65. The number of hydrogen-bond donors (Lipinski definition) is 0. The third kappa shape index (κ3) is 2.33. The number of aromatic nitrogens is 3. The Bertz CT molecular complexity index is 656. The van der Waals surface area contributed by atoms with Crippen LogP contribution in [0.5, 0.6) is 0 Å².